The number of nitrogens with zero attached hydrogens (tertiary/aromatic N) is 1. The number of benzene rings is 1. The van der Waals surface area contributed by atoms with Crippen molar-refractivity contribution in [2.24, 2.45) is 0 Å². The van der Waals surface area contributed by atoms with E-state index in [0.29, 0.717) is 5.88 Å². The average molecular weight is 382 g/mol. The highest BCUT2D eigenvalue weighted by molar-refractivity contribution is 14.1. The molecule has 2 rings (SSSR count). The Kier molecular flexibility index (Phi) is 4.99. The van der Waals surface area contributed by atoms with Gasteiger partial charge in [0.05, 0.1) is 0 Å². The minimum atomic E-state index is 0.107. The van der Waals surface area contributed by atoms with Crippen LogP contribution in [0.4, 0.5) is 0 Å². The summed E-state index contributed by atoms with van der Waals surface area (Å²) in [5.41, 5.74) is 1.26. The molecule has 0 fully saturated rings. The van der Waals surface area contributed by atoms with E-state index < -0.39 is 0 Å². The van der Waals surface area contributed by atoms with E-state index in [1.807, 2.05) is 42.6 Å². The summed E-state index contributed by atoms with van der Waals surface area (Å²) < 4.78 is 6.89. The Morgan fingerprint density at radius 1 is 1.10 bits per heavy atom. The van der Waals surface area contributed by atoms with Crippen LogP contribution in [0, 0.1) is 3.57 Å². The molecule has 1 heterocycles. The fourth-order valence-electron chi connectivity index (χ4n) is 1.57. The van der Waals surface area contributed by atoms with Gasteiger partial charge in [-0.3, -0.25) is 0 Å². The predicted molar refractivity (Wildman–Crippen MR) is 90.1 cm³/mol. The number of halogens is 1. The third-order valence-corrected chi connectivity index (χ3v) is 3.38. The van der Waals surface area contributed by atoms with Crippen molar-refractivity contribution >= 4 is 22.6 Å². The fourth-order valence-corrected chi connectivity index (χ4v) is 1.93. The number of pyridine rings is 1. The van der Waals surface area contributed by atoms with Crippen LogP contribution in [-0.4, -0.2) is 10.5 Å². The minimum Gasteiger partial charge on any atom is -0.439 e. The first-order valence-corrected chi connectivity index (χ1v) is 7.64. The van der Waals surface area contributed by atoms with Crippen molar-refractivity contribution in [3.63, 3.8) is 0 Å². The number of hydrogen-bond acceptors (Lipinski definition) is 3. The maximum absolute atomic E-state index is 5.70. The van der Waals surface area contributed by atoms with Crippen molar-refractivity contribution in [1.82, 2.24) is 10.3 Å². The molecule has 4 heteroatoms. The summed E-state index contributed by atoms with van der Waals surface area (Å²) in [6.07, 6.45) is 1.85. The number of ether oxygens (including phenoxy) is 1. The van der Waals surface area contributed by atoms with Crippen LogP contribution in [0.25, 0.3) is 0 Å². The highest BCUT2D eigenvalue weighted by atomic mass is 127. The van der Waals surface area contributed by atoms with Gasteiger partial charge in [0.1, 0.15) is 5.75 Å². The average Bonchev–Trinajstić information content (AvgIpc) is 2.40. The summed E-state index contributed by atoms with van der Waals surface area (Å²) in [5, 5.41) is 3.43. The molecule has 0 saturated carbocycles. The van der Waals surface area contributed by atoms with Crippen molar-refractivity contribution in [3.05, 3.63) is 51.7 Å². The summed E-state index contributed by atoms with van der Waals surface area (Å²) in [5.74, 6) is 1.42. The van der Waals surface area contributed by atoms with Crippen LogP contribution < -0.4 is 10.1 Å². The second-order valence-corrected chi connectivity index (χ2v) is 6.91. The lowest BCUT2D eigenvalue weighted by Gasteiger charge is -2.20. The minimum absolute atomic E-state index is 0.107. The van der Waals surface area contributed by atoms with Crippen LogP contribution in [-0.2, 0) is 6.54 Å². The highest BCUT2D eigenvalue weighted by Crippen LogP contribution is 2.20. The van der Waals surface area contributed by atoms with Crippen molar-refractivity contribution in [1.29, 1.82) is 0 Å². The Bertz CT molecular complexity index is 544. The van der Waals surface area contributed by atoms with E-state index in [1.54, 1.807) is 0 Å². The molecular formula is C16H19IN2O. The molecule has 1 aromatic heterocycles. The Morgan fingerprint density at radius 3 is 2.35 bits per heavy atom. The van der Waals surface area contributed by atoms with Crippen molar-refractivity contribution < 1.29 is 4.74 Å². The highest BCUT2D eigenvalue weighted by Gasteiger charge is 2.08. The lowest BCUT2D eigenvalue weighted by atomic mass is 10.1. The van der Waals surface area contributed by atoms with Crippen molar-refractivity contribution in [3.8, 4) is 11.6 Å². The third kappa shape index (κ3) is 5.09. The first-order valence-electron chi connectivity index (χ1n) is 6.56. The molecule has 106 valence electrons. The van der Waals surface area contributed by atoms with E-state index in [0.717, 1.165) is 17.9 Å². The summed E-state index contributed by atoms with van der Waals surface area (Å²) in [6.45, 7) is 7.25. The largest absolute Gasteiger partial charge is 0.439 e. The molecular weight excluding hydrogens is 363 g/mol. The van der Waals surface area contributed by atoms with Crippen LogP contribution in [0.2, 0.25) is 0 Å². The van der Waals surface area contributed by atoms with Gasteiger partial charge >= 0.3 is 0 Å². The van der Waals surface area contributed by atoms with Crippen molar-refractivity contribution in [2.45, 2.75) is 32.9 Å². The van der Waals surface area contributed by atoms with Gasteiger partial charge in [0.25, 0.3) is 0 Å². The van der Waals surface area contributed by atoms with Crippen LogP contribution in [0.15, 0.2) is 42.6 Å². The van der Waals surface area contributed by atoms with Gasteiger partial charge in [0.15, 0.2) is 0 Å². The maximum atomic E-state index is 5.70. The molecule has 0 aliphatic rings. The molecule has 0 aliphatic carbocycles. The van der Waals surface area contributed by atoms with Gasteiger partial charge in [-0.25, -0.2) is 4.98 Å². The Balaban J connectivity index is 1.96. The molecule has 0 radical (unpaired) electrons. The number of hydrogen-bond donors (Lipinski definition) is 1. The molecule has 0 spiro atoms. The molecule has 0 saturated heterocycles. The second kappa shape index (κ2) is 6.54. The molecule has 1 N–H and O–H groups in total. The lowest BCUT2D eigenvalue weighted by Crippen LogP contribution is -2.35. The molecule has 1 aromatic carbocycles. The first-order chi connectivity index (χ1) is 9.42. The van der Waals surface area contributed by atoms with Gasteiger partial charge in [0.2, 0.25) is 5.88 Å². The lowest BCUT2D eigenvalue weighted by molar-refractivity contribution is 0.423. The third-order valence-electron chi connectivity index (χ3n) is 2.66. The quantitative estimate of drug-likeness (QED) is 0.798. The van der Waals surface area contributed by atoms with Gasteiger partial charge in [-0.1, -0.05) is 6.07 Å². The van der Waals surface area contributed by atoms with Gasteiger partial charge in [0, 0.05) is 27.9 Å². The normalized spacial score (nSPS) is 11.4. The monoisotopic (exact) mass is 382 g/mol. The summed E-state index contributed by atoms with van der Waals surface area (Å²) in [6, 6.07) is 11.8. The molecule has 20 heavy (non-hydrogen) atoms. The fraction of sp³-hybridized carbons (Fsp3) is 0.312. The molecule has 0 bridgehead atoms. The maximum Gasteiger partial charge on any atom is 0.219 e. The number of aromatic nitrogens is 1. The summed E-state index contributed by atoms with van der Waals surface area (Å²) >= 11 is 2.27. The van der Waals surface area contributed by atoms with Gasteiger partial charge in [-0.2, -0.15) is 0 Å². The predicted octanol–water partition coefficient (Wildman–Crippen LogP) is 4.37. The van der Waals surface area contributed by atoms with Crippen LogP contribution in [0.3, 0.4) is 0 Å². The van der Waals surface area contributed by atoms with E-state index in [1.165, 1.54) is 3.57 Å². The zero-order chi connectivity index (χ0) is 14.6. The molecule has 2 aromatic rings. The molecule has 0 aliphatic heterocycles. The standard InChI is InChI=1S/C16H19IN2O/c1-16(2,3)19-11-12-4-9-15(18-10-12)20-14-7-5-13(17)6-8-14/h4-10,19H,11H2,1-3H3. The van der Waals surface area contributed by atoms with Crippen LogP contribution in [0.1, 0.15) is 26.3 Å². The Morgan fingerprint density at radius 2 is 1.80 bits per heavy atom. The van der Waals surface area contributed by atoms with E-state index in [-0.39, 0.29) is 5.54 Å². The topological polar surface area (TPSA) is 34.1 Å². The Hall–Kier alpha value is -1.14. The van der Waals surface area contributed by atoms with E-state index in [9.17, 15) is 0 Å². The molecule has 3 nitrogen and oxygen atoms in total. The Labute approximate surface area is 133 Å². The van der Waals surface area contributed by atoms with E-state index >= 15 is 0 Å². The molecule has 0 atom stereocenters. The SMILES string of the molecule is CC(C)(C)NCc1ccc(Oc2ccc(I)cc2)nc1. The van der Waals surface area contributed by atoms with Crippen molar-refractivity contribution in [2.75, 3.05) is 0 Å². The van der Waals surface area contributed by atoms with Gasteiger partial charge in [-0.15, -0.1) is 0 Å². The van der Waals surface area contributed by atoms with Crippen LogP contribution in [0.5, 0.6) is 11.6 Å². The summed E-state index contributed by atoms with van der Waals surface area (Å²) in [4.78, 5) is 4.33. The zero-order valence-electron chi connectivity index (χ0n) is 12.0. The van der Waals surface area contributed by atoms with Crippen LogP contribution >= 0.6 is 22.6 Å². The number of rotatable bonds is 4. The molecule has 0 amide bonds. The molecule has 0 unspecified atom stereocenters. The van der Waals surface area contributed by atoms with Gasteiger partial charge < -0.3 is 10.1 Å². The zero-order valence-corrected chi connectivity index (χ0v) is 14.1. The smallest absolute Gasteiger partial charge is 0.219 e. The van der Waals surface area contributed by atoms with Gasteiger partial charge in [-0.05, 0) is 73.2 Å². The second-order valence-electron chi connectivity index (χ2n) is 5.66. The first kappa shape index (κ1) is 15.3. The number of nitrogens with one attached hydrogen (secondary N) is 1. The van der Waals surface area contributed by atoms with E-state index in [4.69, 9.17) is 4.74 Å². The van der Waals surface area contributed by atoms with E-state index in [2.05, 4.69) is 53.7 Å². The summed E-state index contributed by atoms with van der Waals surface area (Å²) in [7, 11) is 0.